The predicted molar refractivity (Wildman–Crippen MR) is 138 cm³/mol. The molecule has 0 amide bonds. The van der Waals surface area contributed by atoms with Crippen molar-refractivity contribution in [2.75, 3.05) is 13.2 Å². The van der Waals surface area contributed by atoms with Gasteiger partial charge in [-0.15, -0.1) is 0 Å². The van der Waals surface area contributed by atoms with Gasteiger partial charge in [0.05, 0.1) is 18.6 Å². The molecule has 5 rings (SSSR count). The molecule has 0 spiro atoms. The zero-order valence-corrected chi connectivity index (χ0v) is 19.7. The molecule has 2 nitrogen and oxygen atoms in total. The Morgan fingerprint density at radius 2 is 0.906 bits per heavy atom. The molecule has 0 fully saturated rings. The number of benzene rings is 5. The lowest BCUT2D eigenvalue weighted by Gasteiger charge is -2.20. The second-order valence-corrected chi connectivity index (χ2v) is 8.99. The third-order valence-electron chi connectivity index (χ3n) is 6.75. The highest BCUT2D eigenvalue weighted by atomic mass is 16.5. The molecular weight excluding hydrogens is 392 g/mol. The van der Waals surface area contributed by atoms with E-state index in [2.05, 4.69) is 76.2 Å². The maximum Gasteiger partial charge on any atom is 0.130 e. The summed E-state index contributed by atoms with van der Waals surface area (Å²) >= 11 is 0. The first-order valence-corrected chi connectivity index (χ1v) is 12.0. The maximum atomic E-state index is 6.30. The molecular formula is C30H32O2. The Balaban J connectivity index is 1.88. The molecule has 5 aromatic carbocycles. The Morgan fingerprint density at radius 1 is 0.500 bits per heavy atom. The van der Waals surface area contributed by atoms with E-state index < -0.39 is 0 Å². The van der Waals surface area contributed by atoms with Gasteiger partial charge in [0.15, 0.2) is 0 Å². The van der Waals surface area contributed by atoms with Crippen molar-refractivity contribution in [2.24, 2.45) is 0 Å². The van der Waals surface area contributed by atoms with Gasteiger partial charge in [0.2, 0.25) is 0 Å². The van der Waals surface area contributed by atoms with E-state index in [4.69, 9.17) is 9.47 Å². The summed E-state index contributed by atoms with van der Waals surface area (Å²) in [7, 11) is 0. The van der Waals surface area contributed by atoms with Gasteiger partial charge >= 0.3 is 0 Å². The normalized spacial score (nSPS) is 11.9. The third-order valence-corrected chi connectivity index (χ3v) is 6.75. The van der Waals surface area contributed by atoms with Crippen LogP contribution in [0.25, 0.3) is 43.1 Å². The van der Waals surface area contributed by atoms with E-state index in [9.17, 15) is 0 Å². The summed E-state index contributed by atoms with van der Waals surface area (Å²) in [5.41, 5.74) is 2.67. The lowest BCUT2D eigenvalue weighted by atomic mass is 9.86. The number of ether oxygens (including phenoxy) is 2. The molecule has 0 atom stereocenters. The standard InChI is InChI=1S/C30H32O2/c1-5-7-17-31-25-15-13-23-21-11-9-19(3)27-20(4)10-12-22(28(21)27)24-14-16-26(30(25)29(23)24)32-18-8-6-2/h9-16H,5-8,17-18H2,1-4H3. The first kappa shape index (κ1) is 20.9. The molecule has 0 aromatic heterocycles. The fourth-order valence-electron chi connectivity index (χ4n) is 5.09. The summed E-state index contributed by atoms with van der Waals surface area (Å²) in [4.78, 5) is 0. The van der Waals surface area contributed by atoms with Gasteiger partial charge in [0.25, 0.3) is 0 Å². The summed E-state index contributed by atoms with van der Waals surface area (Å²) in [5, 5.41) is 10.3. The zero-order chi connectivity index (χ0) is 22.2. The van der Waals surface area contributed by atoms with Crippen molar-refractivity contribution in [1.29, 1.82) is 0 Å². The van der Waals surface area contributed by atoms with Crippen LogP contribution in [0.15, 0.2) is 48.5 Å². The van der Waals surface area contributed by atoms with Gasteiger partial charge in [-0.3, -0.25) is 0 Å². The Hall–Kier alpha value is -3.00. The topological polar surface area (TPSA) is 18.5 Å². The molecule has 32 heavy (non-hydrogen) atoms. The van der Waals surface area contributed by atoms with Gasteiger partial charge in [-0.25, -0.2) is 0 Å². The zero-order valence-electron chi connectivity index (χ0n) is 19.7. The largest absolute Gasteiger partial charge is 0.493 e. The molecule has 0 radical (unpaired) electrons. The average Bonchev–Trinajstić information content (AvgIpc) is 2.80. The summed E-state index contributed by atoms with van der Waals surface area (Å²) < 4.78 is 12.6. The number of aryl methyl sites for hydroxylation is 2. The quantitative estimate of drug-likeness (QED) is 0.141. The van der Waals surface area contributed by atoms with Crippen molar-refractivity contribution in [3.63, 3.8) is 0 Å². The molecule has 0 heterocycles. The van der Waals surface area contributed by atoms with Gasteiger partial charge in [0, 0.05) is 5.39 Å². The molecule has 0 aliphatic carbocycles. The Bertz CT molecular complexity index is 1310. The summed E-state index contributed by atoms with van der Waals surface area (Å²) in [5.74, 6) is 1.87. The minimum Gasteiger partial charge on any atom is -0.493 e. The predicted octanol–water partition coefficient (Wildman–Crippen LogP) is 8.71. The van der Waals surface area contributed by atoms with E-state index in [1.807, 2.05) is 0 Å². The lowest BCUT2D eigenvalue weighted by Crippen LogP contribution is -2.01. The second kappa shape index (κ2) is 8.50. The van der Waals surface area contributed by atoms with Gasteiger partial charge in [0.1, 0.15) is 11.5 Å². The molecule has 0 saturated carbocycles. The fourth-order valence-corrected chi connectivity index (χ4v) is 5.09. The van der Waals surface area contributed by atoms with E-state index in [1.54, 1.807) is 0 Å². The molecule has 0 bridgehead atoms. The molecule has 0 aliphatic rings. The second-order valence-electron chi connectivity index (χ2n) is 8.99. The van der Waals surface area contributed by atoms with Crippen molar-refractivity contribution < 1.29 is 9.47 Å². The first-order chi connectivity index (χ1) is 15.7. The van der Waals surface area contributed by atoms with Crippen molar-refractivity contribution in [3.05, 3.63) is 59.7 Å². The highest BCUT2D eigenvalue weighted by molar-refractivity contribution is 6.34. The van der Waals surface area contributed by atoms with Gasteiger partial charge in [-0.2, -0.15) is 0 Å². The van der Waals surface area contributed by atoms with Crippen LogP contribution in [-0.4, -0.2) is 13.2 Å². The van der Waals surface area contributed by atoms with Crippen molar-refractivity contribution >= 4 is 43.1 Å². The van der Waals surface area contributed by atoms with Gasteiger partial charge in [-0.1, -0.05) is 63.1 Å². The molecule has 0 N–H and O–H groups in total. The molecule has 0 unspecified atom stereocenters. The monoisotopic (exact) mass is 424 g/mol. The average molecular weight is 425 g/mol. The van der Waals surface area contributed by atoms with Crippen LogP contribution in [0, 0.1) is 13.8 Å². The molecule has 0 saturated heterocycles. The van der Waals surface area contributed by atoms with Crippen LogP contribution in [0.4, 0.5) is 0 Å². The Labute approximate surface area is 190 Å². The van der Waals surface area contributed by atoms with Crippen LogP contribution in [0.1, 0.15) is 50.7 Å². The van der Waals surface area contributed by atoms with Crippen LogP contribution >= 0.6 is 0 Å². The van der Waals surface area contributed by atoms with E-state index in [-0.39, 0.29) is 0 Å². The number of unbranched alkanes of at least 4 members (excludes halogenated alkanes) is 2. The number of hydrogen-bond donors (Lipinski definition) is 0. The molecule has 0 aliphatic heterocycles. The number of fused-ring (bicyclic) bond motifs is 2. The minimum atomic E-state index is 0.730. The SMILES string of the molecule is CCCCOc1ccc2c3ccc(C)c4c(C)ccc(c5ccc(OCCCC)c1c25)c43. The van der Waals surface area contributed by atoms with Crippen molar-refractivity contribution in [3.8, 4) is 11.5 Å². The van der Waals surface area contributed by atoms with Crippen LogP contribution in [-0.2, 0) is 0 Å². The van der Waals surface area contributed by atoms with Gasteiger partial charge < -0.3 is 9.47 Å². The summed E-state index contributed by atoms with van der Waals surface area (Å²) in [6.45, 7) is 10.3. The smallest absolute Gasteiger partial charge is 0.130 e. The van der Waals surface area contributed by atoms with Crippen molar-refractivity contribution in [2.45, 2.75) is 53.4 Å². The minimum absolute atomic E-state index is 0.730. The van der Waals surface area contributed by atoms with E-state index in [0.29, 0.717) is 0 Å². The van der Waals surface area contributed by atoms with E-state index in [0.717, 1.165) is 55.8 Å². The molecule has 164 valence electrons. The summed E-state index contributed by atoms with van der Waals surface area (Å²) in [6, 6.07) is 17.9. The van der Waals surface area contributed by atoms with Crippen LogP contribution in [0.2, 0.25) is 0 Å². The van der Waals surface area contributed by atoms with Crippen molar-refractivity contribution in [1.82, 2.24) is 0 Å². The molecule has 2 heteroatoms. The third kappa shape index (κ3) is 3.24. The van der Waals surface area contributed by atoms with Crippen LogP contribution in [0.3, 0.4) is 0 Å². The van der Waals surface area contributed by atoms with Crippen LogP contribution < -0.4 is 9.47 Å². The van der Waals surface area contributed by atoms with Crippen LogP contribution in [0.5, 0.6) is 11.5 Å². The first-order valence-electron chi connectivity index (χ1n) is 12.0. The molecule has 5 aromatic rings. The Kier molecular flexibility index (Phi) is 5.55. The van der Waals surface area contributed by atoms with E-state index in [1.165, 1.54) is 48.8 Å². The lowest BCUT2D eigenvalue weighted by molar-refractivity contribution is 0.302. The fraction of sp³-hybridized carbons (Fsp3) is 0.333. The maximum absolute atomic E-state index is 6.30. The summed E-state index contributed by atoms with van der Waals surface area (Å²) in [6.07, 6.45) is 4.34. The number of rotatable bonds is 8. The highest BCUT2D eigenvalue weighted by Gasteiger charge is 2.19. The van der Waals surface area contributed by atoms with Gasteiger partial charge in [-0.05, 0) is 82.3 Å². The highest BCUT2D eigenvalue weighted by Crippen LogP contribution is 2.47. The Morgan fingerprint density at radius 3 is 1.34 bits per heavy atom. The van der Waals surface area contributed by atoms with E-state index >= 15 is 0 Å². The number of hydrogen-bond acceptors (Lipinski definition) is 2.